The van der Waals surface area contributed by atoms with Gasteiger partial charge in [0.15, 0.2) is 5.13 Å². The molecule has 6 nitrogen and oxygen atoms in total. The molecule has 2 amide bonds. The van der Waals surface area contributed by atoms with Crippen LogP contribution in [0.4, 0.5) is 10.8 Å². The zero-order valence-corrected chi connectivity index (χ0v) is 18.5. The molecule has 7 heteroatoms. The Hall–Kier alpha value is -3.19. The van der Waals surface area contributed by atoms with Crippen LogP contribution in [0.3, 0.4) is 0 Å². The third-order valence-electron chi connectivity index (χ3n) is 5.19. The Bertz CT molecular complexity index is 1110. The van der Waals surface area contributed by atoms with Gasteiger partial charge >= 0.3 is 0 Å². The summed E-state index contributed by atoms with van der Waals surface area (Å²) in [5.41, 5.74) is 4.43. The van der Waals surface area contributed by atoms with Crippen LogP contribution in [0.25, 0.3) is 11.3 Å². The quantitative estimate of drug-likeness (QED) is 0.557. The zero-order valence-electron chi connectivity index (χ0n) is 17.7. The SMILES string of the molecule is CCCC(=O)N1CCc2cc(-c3csc(NC(=O)c4ccccc4OCC)n3)ccc21. The normalized spacial score (nSPS) is 12.5. The maximum atomic E-state index is 12.7. The Kier molecular flexibility index (Phi) is 6.32. The van der Waals surface area contributed by atoms with Crippen molar-refractivity contribution in [2.45, 2.75) is 33.1 Å². The van der Waals surface area contributed by atoms with Gasteiger partial charge < -0.3 is 9.64 Å². The van der Waals surface area contributed by atoms with E-state index in [9.17, 15) is 9.59 Å². The van der Waals surface area contributed by atoms with Crippen LogP contribution in [0.1, 0.15) is 42.6 Å². The number of carbonyl (C=O) groups is 2. The number of hydrogen-bond acceptors (Lipinski definition) is 5. The number of carbonyl (C=O) groups excluding carboxylic acids is 2. The van der Waals surface area contributed by atoms with Crippen LogP contribution in [0.5, 0.6) is 5.75 Å². The molecule has 0 fully saturated rings. The number of para-hydroxylation sites is 1. The van der Waals surface area contributed by atoms with Gasteiger partial charge in [-0.15, -0.1) is 11.3 Å². The molecular formula is C24H25N3O3S. The molecule has 4 rings (SSSR count). The minimum absolute atomic E-state index is 0.181. The topological polar surface area (TPSA) is 71.5 Å². The Balaban J connectivity index is 1.50. The Morgan fingerprint density at radius 2 is 2.03 bits per heavy atom. The summed E-state index contributed by atoms with van der Waals surface area (Å²) in [6.45, 7) is 5.13. The van der Waals surface area contributed by atoms with Gasteiger partial charge in [-0.05, 0) is 49.6 Å². The van der Waals surface area contributed by atoms with E-state index in [0.29, 0.717) is 29.5 Å². The van der Waals surface area contributed by atoms with Crippen LogP contribution in [0, 0.1) is 0 Å². The van der Waals surface area contributed by atoms with Crippen molar-refractivity contribution in [3.63, 3.8) is 0 Å². The molecule has 0 radical (unpaired) electrons. The highest BCUT2D eigenvalue weighted by molar-refractivity contribution is 7.14. The first kappa shape index (κ1) is 21.1. The molecule has 0 aliphatic carbocycles. The van der Waals surface area contributed by atoms with Gasteiger partial charge in [0, 0.05) is 29.6 Å². The van der Waals surface area contributed by atoms with Crippen LogP contribution in [-0.2, 0) is 11.2 Å². The minimum atomic E-state index is -0.246. The summed E-state index contributed by atoms with van der Waals surface area (Å²) in [6, 6.07) is 13.3. The van der Waals surface area contributed by atoms with E-state index in [-0.39, 0.29) is 11.8 Å². The standard InChI is InChI=1S/C24H25N3O3S/c1-3-7-22(28)27-13-12-17-14-16(10-11-20(17)27)19-15-31-24(25-19)26-23(29)18-8-5-6-9-21(18)30-4-2/h5-6,8-11,14-15H,3-4,7,12-13H2,1-2H3,(H,25,26,29). The van der Waals surface area contributed by atoms with Gasteiger partial charge in [-0.25, -0.2) is 4.98 Å². The molecule has 31 heavy (non-hydrogen) atoms. The molecule has 3 aromatic rings. The molecule has 0 saturated heterocycles. The van der Waals surface area contributed by atoms with Crippen molar-refractivity contribution in [1.82, 2.24) is 4.98 Å². The van der Waals surface area contributed by atoms with E-state index in [4.69, 9.17) is 4.74 Å². The van der Waals surface area contributed by atoms with E-state index in [1.807, 2.05) is 48.4 Å². The first-order chi connectivity index (χ1) is 15.1. The Labute approximate surface area is 185 Å². The molecule has 2 heterocycles. The largest absolute Gasteiger partial charge is 0.493 e. The van der Waals surface area contributed by atoms with E-state index in [1.54, 1.807) is 12.1 Å². The van der Waals surface area contributed by atoms with Gasteiger partial charge in [-0.3, -0.25) is 14.9 Å². The maximum absolute atomic E-state index is 12.7. The van der Waals surface area contributed by atoms with E-state index in [2.05, 4.69) is 16.4 Å². The lowest BCUT2D eigenvalue weighted by molar-refractivity contribution is -0.118. The summed E-state index contributed by atoms with van der Waals surface area (Å²) in [7, 11) is 0. The monoisotopic (exact) mass is 435 g/mol. The van der Waals surface area contributed by atoms with Gasteiger partial charge in [-0.1, -0.05) is 25.1 Å². The summed E-state index contributed by atoms with van der Waals surface area (Å²) in [4.78, 5) is 31.5. The summed E-state index contributed by atoms with van der Waals surface area (Å²) in [5, 5.41) is 5.34. The highest BCUT2D eigenvalue weighted by Gasteiger charge is 2.24. The molecule has 160 valence electrons. The fraction of sp³-hybridized carbons (Fsp3) is 0.292. The first-order valence-electron chi connectivity index (χ1n) is 10.5. The van der Waals surface area contributed by atoms with E-state index < -0.39 is 0 Å². The average molecular weight is 436 g/mol. The number of anilines is 2. The summed E-state index contributed by atoms with van der Waals surface area (Å²) >= 11 is 1.38. The Morgan fingerprint density at radius 1 is 1.19 bits per heavy atom. The molecular weight excluding hydrogens is 410 g/mol. The average Bonchev–Trinajstić information content (AvgIpc) is 3.41. The van der Waals surface area contributed by atoms with Crippen LogP contribution >= 0.6 is 11.3 Å². The van der Waals surface area contributed by atoms with Gasteiger partial charge in [0.1, 0.15) is 5.75 Å². The van der Waals surface area contributed by atoms with Gasteiger partial charge in [-0.2, -0.15) is 0 Å². The first-order valence-corrected chi connectivity index (χ1v) is 11.4. The van der Waals surface area contributed by atoms with Gasteiger partial charge in [0.2, 0.25) is 5.91 Å². The van der Waals surface area contributed by atoms with Crippen molar-refractivity contribution < 1.29 is 14.3 Å². The van der Waals surface area contributed by atoms with Gasteiger partial charge in [0.25, 0.3) is 5.91 Å². The molecule has 1 N–H and O–H groups in total. The Morgan fingerprint density at radius 3 is 2.84 bits per heavy atom. The maximum Gasteiger partial charge on any atom is 0.261 e. The molecule has 1 aliphatic rings. The highest BCUT2D eigenvalue weighted by atomic mass is 32.1. The highest BCUT2D eigenvalue weighted by Crippen LogP contribution is 2.34. The molecule has 1 aliphatic heterocycles. The smallest absolute Gasteiger partial charge is 0.261 e. The van der Waals surface area contributed by atoms with Crippen molar-refractivity contribution in [3.05, 3.63) is 59.0 Å². The number of fused-ring (bicyclic) bond motifs is 1. The van der Waals surface area contributed by atoms with Crippen molar-refractivity contribution >= 4 is 34.0 Å². The lowest BCUT2D eigenvalue weighted by atomic mass is 10.1. The minimum Gasteiger partial charge on any atom is -0.493 e. The number of ether oxygens (including phenoxy) is 1. The van der Waals surface area contributed by atoms with Crippen LogP contribution < -0.4 is 15.0 Å². The van der Waals surface area contributed by atoms with E-state index in [0.717, 1.165) is 41.9 Å². The van der Waals surface area contributed by atoms with Crippen molar-refractivity contribution in [2.75, 3.05) is 23.4 Å². The number of rotatable bonds is 7. The van der Waals surface area contributed by atoms with Crippen LogP contribution in [0.15, 0.2) is 47.8 Å². The second-order valence-electron chi connectivity index (χ2n) is 7.31. The summed E-state index contributed by atoms with van der Waals surface area (Å²) in [5.74, 6) is 0.490. The summed E-state index contributed by atoms with van der Waals surface area (Å²) < 4.78 is 5.55. The number of thiazole rings is 1. The number of aromatic nitrogens is 1. The lowest BCUT2D eigenvalue weighted by Gasteiger charge is -2.17. The molecule has 0 atom stereocenters. The summed E-state index contributed by atoms with van der Waals surface area (Å²) in [6.07, 6.45) is 2.27. The zero-order chi connectivity index (χ0) is 21.8. The fourth-order valence-electron chi connectivity index (χ4n) is 3.73. The molecule has 2 aromatic carbocycles. The lowest BCUT2D eigenvalue weighted by Crippen LogP contribution is -2.28. The van der Waals surface area contributed by atoms with Gasteiger partial charge in [0.05, 0.1) is 17.9 Å². The van der Waals surface area contributed by atoms with E-state index in [1.165, 1.54) is 11.3 Å². The number of amides is 2. The number of nitrogens with zero attached hydrogens (tertiary/aromatic N) is 2. The predicted octanol–water partition coefficient (Wildman–Crippen LogP) is 5.15. The third-order valence-corrected chi connectivity index (χ3v) is 5.95. The molecule has 0 spiro atoms. The number of nitrogens with one attached hydrogen (secondary N) is 1. The molecule has 1 aromatic heterocycles. The van der Waals surface area contributed by atoms with Crippen molar-refractivity contribution in [2.24, 2.45) is 0 Å². The molecule has 0 saturated carbocycles. The van der Waals surface area contributed by atoms with E-state index >= 15 is 0 Å². The predicted molar refractivity (Wildman–Crippen MR) is 124 cm³/mol. The second-order valence-corrected chi connectivity index (χ2v) is 8.17. The van der Waals surface area contributed by atoms with Crippen LogP contribution in [0.2, 0.25) is 0 Å². The molecule has 0 unspecified atom stereocenters. The third kappa shape index (κ3) is 4.46. The number of benzene rings is 2. The van der Waals surface area contributed by atoms with Crippen molar-refractivity contribution in [1.29, 1.82) is 0 Å². The second kappa shape index (κ2) is 9.31. The van der Waals surface area contributed by atoms with Crippen LogP contribution in [-0.4, -0.2) is 29.9 Å². The molecule has 0 bridgehead atoms. The fourth-order valence-corrected chi connectivity index (χ4v) is 4.45. The number of hydrogen-bond donors (Lipinski definition) is 1. The van der Waals surface area contributed by atoms with Crippen molar-refractivity contribution in [3.8, 4) is 17.0 Å².